The smallest absolute Gasteiger partial charge is 0.0783 e. The van der Waals surface area contributed by atoms with Gasteiger partial charge in [0.15, 0.2) is 0 Å². The maximum atomic E-state index is 9.49. The van der Waals surface area contributed by atoms with Crippen molar-refractivity contribution in [3.8, 4) is 0 Å². The maximum absolute atomic E-state index is 9.49. The van der Waals surface area contributed by atoms with Crippen LogP contribution in [0.2, 0.25) is 0 Å². The molecule has 2 N–H and O–H groups in total. The van der Waals surface area contributed by atoms with Crippen LogP contribution in [-0.4, -0.2) is 10.1 Å². The molecule has 0 aliphatic rings. The van der Waals surface area contributed by atoms with E-state index >= 15 is 0 Å². The van der Waals surface area contributed by atoms with Gasteiger partial charge in [-0.2, -0.15) is 0 Å². The molecule has 0 saturated heterocycles. The second-order valence-electron chi connectivity index (χ2n) is 3.08. The van der Waals surface area contributed by atoms with E-state index in [1.165, 1.54) is 0 Å². The summed E-state index contributed by atoms with van der Waals surface area (Å²) < 4.78 is 1.02. The molecule has 0 amide bonds. The lowest BCUT2D eigenvalue weighted by Gasteiger charge is -2.02. The van der Waals surface area contributed by atoms with Gasteiger partial charge in [0.25, 0.3) is 0 Å². The molecule has 2 nitrogen and oxygen atoms in total. The number of aliphatic hydroxyl groups is 1. The summed E-state index contributed by atoms with van der Waals surface area (Å²) in [7, 11) is 0. The summed E-state index contributed by atoms with van der Waals surface area (Å²) in [6, 6.07) is 5.93. The van der Waals surface area contributed by atoms with Crippen molar-refractivity contribution >= 4 is 26.8 Å². The summed E-state index contributed by atoms with van der Waals surface area (Å²) in [6.07, 6.45) is 1.41. The second kappa shape index (κ2) is 3.16. The number of hydrogen-bond donors (Lipinski definition) is 2. The highest BCUT2D eigenvalue weighted by Gasteiger charge is 2.10. The molecule has 2 aromatic rings. The van der Waals surface area contributed by atoms with E-state index in [2.05, 4.69) is 20.9 Å². The molecular formula is C10H10BrNO. The first-order chi connectivity index (χ1) is 6.20. The largest absolute Gasteiger partial charge is 0.389 e. The third-order valence-electron chi connectivity index (χ3n) is 2.14. The fraction of sp³-hybridized carbons (Fsp3) is 0.200. The predicted octanol–water partition coefficient (Wildman–Crippen LogP) is 2.98. The van der Waals surface area contributed by atoms with Crippen molar-refractivity contribution in [3.63, 3.8) is 0 Å². The van der Waals surface area contributed by atoms with Crippen molar-refractivity contribution < 1.29 is 5.11 Å². The quantitative estimate of drug-likeness (QED) is 0.789. The maximum Gasteiger partial charge on any atom is 0.0783 e. The lowest BCUT2D eigenvalue weighted by molar-refractivity contribution is 0.201. The Morgan fingerprint density at radius 2 is 2.23 bits per heavy atom. The average Bonchev–Trinajstić information content (AvgIpc) is 2.49. The zero-order valence-electron chi connectivity index (χ0n) is 7.21. The van der Waals surface area contributed by atoms with E-state index in [0.29, 0.717) is 0 Å². The number of fused-ring (bicyclic) bond motifs is 1. The fourth-order valence-corrected chi connectivity index (χ4v) is 2.09. The minimum atomic E-state index is -0.438. The highest BCUT2D eigenvalue weighted by Crippen LogP contribution is 2.30. The number of H-pyrrole nitrogens is 1. The first-order valence-corrected chi connectivity index (χ1v) is 4.93. The van der Waals surface area contributed by atoms with Crippen LogP contribution in [0, 0.1) is 0 Å². The summed E-state index contributed by atoms with van der Waals surface area (Å²) in [4.78, 5) is 3.12. The van der Waals surface area contributed by atoms with Gasteiger partial charge in [-0.3, -0.25) is 0 Å². The van der Waals surface area contributed by atoms with Crippen LogP contribution in [0.3, 0.4) is 0 Å². The molecule has 0 unspecified atom stereocenters. The van der Waals surface area contributed by atoms with Crippen molar-refractivity contribution in [2.45, 2.75) is 13.0 Å². The van der Waals surface area contributed by atoms with Gasteiger partial charge < -0.3 is 10.1 Å². The van der Waals surface area contributed by atoms with Gasteiger partial charge in [-0.1, -0.05) is 22.0 Å². The Kier molecular flexibility index (Phi) is 2.14. The van der Waals surface area contributed by atoms with Crippen molar-refractivity contribution in [2.24, 2.45) is 0 Å². The molecule has 3 heteroatoms. The third-order valence-corrected chi connectivity index (χ3v) is 2.80. The predicted molar refractivity (Wildman–Crippen MR) is 56.6 cm³/mol. The Bertz CT molecular complexity index is 433. The number of aromatic nitrogens is 1. The van der Waals surface area contributed by atoms with Gasteiger partial charge in [0.2, 0.25) is 0 Å². The minimum absolute atomic E-state index is 0.438. The molecule has 13 heavy (non-hydrogen) atoms. The molecule has 1 heterocycles. The van der Waals surface area contributed by atoms with Gasteiger partial charge in [0, 0.05) is 27.1 Å². The molecular weight excluding hydrogens is 230 g/mol. The lowest BCUT2D eigenvalue weighted by atomic mass is 10.1. The van der Waals surface area contributed by atoms with Crippen LogP contribution in [0.5, 0.6) is 0 Å². The Morgan fingerprint density at radius 1 is 1.46 bits per heavy atom. The van der Waals surface area contributed by atoms with Crippen molar-refractivity contribution in [1.82, 2.24) is 4.98 Å². The number of benzene rings is 1. The van der Waals surface area contributed by atoms with E-state index in [9.17, 15) is 5.11 Å². The molecule has 1 atom stereocenters. The molecule has 0 fully saturated rings. The van der Waals surface area contributed by atoms with Crippen molar-refractivity contribution in [2.75, 3.05) is 0 Å². The van der Waals surface area contributed by atoms with E-state index in [4.69, 9.17) is 0 Å². The fourth-order valence-electron chi connectivity index (χ4n) is 1.49. The van der Waals surface area contributed by atoms with E-state index < -0.39 is 6.10 Å². The molecule has 0 aliphatic carbocycles. The van der Waals surface area contributed by atoms with Gasteiger partial charge in [-0.15, -0.1) is 0 Å². The summed E-state index contributed by atoms with van der Waals surface area (Å²) in [6.45, 7) is 1.77. The molecule has 0 radical (unpaired) electrons. The highest BCUT2D eigenvalue weighted by molar-refractivity contribution is 9.10. The SMILES string of the molecule is C[C@H](O)c1c[nH]c2cccc(Br)c12. The summed E-state index contributed by atoms with van der Waals surface area (Å²) in [5, 5.41) is 10.6. The van der Waals surface area contributed by atoms with Gasteiger partial charge in [-0.05, 0) is 19.1 Å². The van der Waals surface area contributed by atoms with E-state index in [0.717, 1.165) is 20.9 Å². The van der Waals surface area contributed by atoms with Crippen LogP contribution >= 0.6 is 15.9 Å². The Morgan fingerprint density at radius 3 is 2.92 bits per heavy atom. The minimum Gasteiger partial charge on any atom is -0.389 e. The standard InChI is InChI=1S/C10H10BrNO/c1-6(13)7-5-12-9-4-2-3-8(11)10(7)9/h2-6,12-13H,1H3/t6-/m0/s1. The number of halogens is 1. The number of rotatable bonds is 1. The second-order valence-corrected chi connectivity index (χ2v) is 3.94. The van der Waals surface area contributed by atoms with Crippen LogP contribution in [0.15, 0.2) is 28.9 Å². The molecule has 0 aliphatic heterocycles. The monoisotopic (exact) mass is 239 g/mol. The summed E-state index contributed by atoms with van der Waals surface area (Å²) in [5.74, 6) is 0. The number of nitrogens with one attached hydrogen (secondary N) is 1. The Hall–Kier alpha value is -0.800. The van der Waals surface area contributed by atoms with Gasteiger partial charge in [-0.25, -0.2) is 0 Å². The first kappa shape index (κ1) is 8.78. The van der Waals surface area contributed by atoms with Crippen LogP contribution in [0.4, 0.5) is 0 Å². The van der Waals surface area contributed by atoms with Gasteiger partial charge >= 0.3 is 0 Å². The average molecular weight is 240 g/mol. The number of aliphatic hydroxyl groups excluding tert-OH is 1. The molecule has 0 bridgehead atoms. The van der Waals surface area contributed by atoms with Crippen molar-refractivity contribution in [3.05, 3.63) is 34.4 Å². The third kappa shape index (κ3) is 1.38. The number of aromatic amines is 1. The van der Waals surface area contributed by atoms with E-state index in [1.807, 2.05) is 24.4 Å². The molecule has 68 valence electrons. The molecule has 0 saturated carbocycles. The zero-order valence-corrected chi connectivity index (χ0v) is 8.80. The highest BCUT2D eigenvalue weighted by atomic mass is 79.9. The number of hydrogen-bond acceptors (Lipinski definition) is 1. The normalized spacial score (nSPS) is 13.5. The molecule has 2 rings (SSSR count). The lowest BCUT2D eigenvalue weighted by Crippen LogP contribution is -1.88. The molecule has 0 spiro atoms. The topological polar surface area (TPSA) is 36.0 Å². The van der Waals surface area contributed by atoms with Gasteiger partial charge in [0.05, 0.1) is 6.10 Å². The van der Waals surface area contributed by atoms with Crippen molar-refractivity contribution in [1.29, 1.82) is 0 Å². The van der Waals surface area contributed by atoms with E-state index in [1.54, 1.807) is 6.92 Å². The Labute approximate surface area is 84.7 Å². The Balaban J connectivity index is 2.79. The summed E-state index contributed by atoms with van der Waals surface area (Å²) >= 11 is 3.46. The van der Waals surface area contributed by atoms with E-state index in [-0.39, 0.29) is 0 Å². The van der Waals surface area contributed by atoms with Crippen LogP contribution in [0.25, 0.3) is 10.9 Å². The molecule has 1 aromatic carbocycles. The zero-order chi connectivity index (χ0) is 9.42. The summed E-state index contributed by atoms with van der Waals surface area (Å²) in [5.41, 5.74) is 1.98. The molecule has 1 aromatic heterocycles. The van der Waals surface area contributed by atoms with Crippen LogP contribution in [-0.2, 0) is 0 Å². The first-order valence-electron chi connectivity index (χ1n) is 4.13. The van der Waals surface area contributed by atoms with Gasteiger partial charge in [0.1, 0.15) is 0 Å². The van der Waals surface area contributed by atoms with Crippen LogP contribution in [0.1, 0.15) is 18.6 Å². The van der Waals surface area contributed by atoms with Crippen LogP contribution < -0.4 is 0 Å².